The molecule has 2 atom stereocenters. The van der Waals surface area contributed by atoms with Crippen molar-refractivity contribution in [2.24, 2.45) is 5.92 Å². The molecule has 1 aromatic heterocycles. The summed E-state index contributed by atoms with van der Waals surface area (Å²) < 4.78 is 2.23. The van der Waals surface area contributed by atoms with E-state index in [1.54, 1.807) is 0 Å². The molecule has 1 heterocycles. The zero-order chi connectivity index (χ0) is 9.68. The Morgan fingerprint density at radius 2 is 2.38 bits per heavy atom. The highest BCUT2D eigenvalue weighted by Gasteiger charge is 2.19. The summed E-state index contributed by atoms with van der Waals surface area (Å²) in [6.45, 7) is 8.28. The lowest BCUT2D eigenvalue weighted by Crippen LogP contribution is -2.40. The normalized spacial score (nSPS) is 15.2. The Balaban J connectivity index is 2.73. The summed E-state index contributed by atoms with van der Waals surface area (Å²) in [5.74, 6) is 0.528. The smallest absolute Gasteiger partial charge is 0.241 e. The van der Waals surface area contributed by atoms with Crippen molar-refractivity contribution >= 4 is 0 Å². The van der Waals surface area contributed by atoms with E-state index in [-0.39, 0.29) is 0 Å². The third kappa shape index (κ3) is 2.44. The van der Waals surface area contributed by atoms with Crippen molar-refractivity contribution in [3.05, 3.63) is 31.4 Å². The Morgan fingerprint density at radius 3 is 2.85 bits per heavy atom. The van der Waals surface area contributed by atoms with E-state index >= 15 is 0 Å². The predicted molar refractivity (Wildman–Crippen MR) is 54.3 cm³/mol. The molecule has 2 nitrogen and oxygen atoms in total. The monoisotopic (exact) mass is 179 g/mol. The summed E-state index contributed by atoms with van der Waals surface area (Å²) in [4.78, 5) is 3.08. The maximum Gasteiger partial charge on any atom is 0.241 e. The van der Waals surface area contributed by atoms with Crippen molar-refractivity contribution in [1.82, 2.24) is 4.98 Å². The maximum absolute atomic E-state index is 3.85. The lowest BCUT2D eigenvalue weighted by Gasteiger charge is -2.17. The third-order valence-corrected chi connectivity index (χ3v) is 2.51. The first kappa shape index (κ1) is 10.0. The Labute approximate surface area is 80.3 Å². The number of nitrogens with zero attached hydrogens (tertiary/aromatic N) is 1. The Kier molecular flexibility index (Phi) is 3.74. The molecule has 2 heteroatoms. The lowest BCUT2D eigenvalue weighted by molar-refractivity contribution is -0.727. The summed E-state index contributed by atoms with van der Waals surface area (Å²) in [7, 11) is 0. The van der Waals surface area contributed by atoms with Gasteiger partial charge in [0, 0.05) is 5.92 Å². The number of hydrogen-bond acceptors (Lipinski definition) is 0. The number of H-pyrrole nitrogens is 1. The molecule has 1 rings (SSSR count). The van der Waals surface area contributed by atoms with Crippen LogP contribution in [0.4, 0.5) is 0 Å². The van der Waals surface area contributed by atoms with E-state index < -0.39 is 0 Å². The molecule has 0 fully saturated rings. The molecule has 0 saturated carbocycles. The molecule has 0 aliphatic rings. The zero-order valence-electron chi connectivity index (χ0n) is 8.53. The Bertz CT molecular complexity index is 239. The first-order valence-electron chi connectivity index (χ1n) is 4.95. The lowest BCUT2D eigenvalue weighted by atomic mass is 9.98. The Morgan fingerprint density at radius 1 is 1.62 bits per heavy atom. The molecular formula is C11H19N2+. The van der Waals surface area contributed by atoms with Gasteiger partial charge in [-0.3, -0.25) is 4.98 Å². The number of aromatic nitrogens is 2. The minimum absolute atomic E-state index is 0.528. The van der Waals surface area contributed by atoms with Crippen LogP contribution in [-0.4, -0.2) is 4.98 Å². The Hall–Kier alpha value is -1.05. The first-order chi connectivity index (χ1) is 6.29. The van der Waals surface area contributed by atoms with Gasteiger partial charge in [0.2, 0.25) is 6.33 Å². The molecule has 0 bridgehead atoms. The molecule has 0 aliphatic carbocycles. The fourth-order valence-electron chi connectivity index (χ4n) is 1.64. The van der Waals surface area contributed by atoms with E-state index in [0.29, 0.717) is 12.0 Å². The average Bonchev–Trinajstić information content (AvgIpc) is 2.65. The van der Waals surface area contributed by atoms with Crippen molar-refractivity contribution < 1.29 is 4.57 Å². The van der Waals surface area contributed by atoms with Crippen molar-refractivity contribution in [1.29, 1.82) is 0 Å². The topological polar surface area (TPSA) is 19.7 Å². The number of hydrogen-bond donors (Lipinski definition) is 1. The molecule has 72 valence electrons. The van der Waals surface area contributed by atoms with Crippen LogP contribution in [0.25, 0.3) is 0 Å². The largest absolute Gasteiger partial charge is 0.250 e. The van der Waals surface area contributed by atoms with Crippen LogP contribution in [0.2, 0.25) is 0 Å². The number of aromatic amines is 1. The molecule has 0 radical (unpaired) electrons. The molecule has 0 saturated heterocycles. The third-order valence-electron chi connectivity index (χ3n) is 2.51. The van der Waals surface area contributed by atoms with Gasteiger partial charge in [0.05, 0.1) is 0 Å². The van der Waals surface area contributed by atoms with Crippen molar-refractivity contribution in [3.63, 3.8) is 0 Å². The van der Waals surface area contributed by atoms with Crippen molar-refractivity contribution in [3.8, 4) is 0 Å². The molecular weight excluding hydrogens is 160 g/mol. The summed E-state index contributed by atoms with van der Waals surface area (Å²) in [6.07, 6.45) is 10.5. The van der Waals surface area contributed by atoms with Gasteiger partial charge < -0.3 is 0 Å². The molecule has 0 amide bonds. The van der Waals surface area contributed by atoms with Gasteiger partial charge in [-0.05, 0) is 6.42 Å². The number of imidazole rings is 1. The first-order valence-corrected chi connectivity index (χ1v) is 4.95. The average molecular weight is 179 g/mol. The second-order valence-electron chi connectivity index (χ2n) is 3.51. The molecule has 13 heavy (non-hydrogen) atoms. The summed E-state index contributed by atoms with van der Waals surface area (Å²) >= 11 is 0. The van der Waals surface area contributed by atoms with E-state index in [1.165, 1.54) is 12.8 Å². The number of allylic oxidation sites excluding steroid dienone is 1. The van der Waals surface area contributed by atoms with Crippen LogP contribution < -0.4 is 4.57 Å². The number of rotatable bonds is 5. The highest BCUT2D eigenvalue weighted by atomic mass is 15.1. The van der Waals surface area contributed by atoms with Gasteiger partial charge in [-0.2, -0.15) is 0 Å². The standard InChI is InChI=1S/C11H18N2/c1-4-6-11(10(3)5-2)13-8-7-12-9-13/h5,7-11H,2,4,6H2,1,3H3/p+1. The second-order valence-corrected chi connectivity index (χ2v) is 3.51. The molecule has 0 aliphatic heterocycles. The summed E-state index contributed by atoms with van der Waals surface area (Å²) in [6, 6.07) is 0.550. The van der Waals surface area contributed by atoms with E-state index in [4.69, 9.17) is 0 Å². The fraction of sp³-hybridized carbons (Fsp3) is 0.545. The molecule has 0 spiro atoms. The minimum atomic E-state index is 0.528. The zero-order valence-corrected chi connectivity index (χ0v) is 8.53. The van der Waals surface area contributed by atoms with E-state index in [2.05, 4.69) is 36.2 Å². The maximum atomic E-state index is 3.85. The SMILES string of the molecule is C=CC(C)C(CCC)[n+]1cc[nH]c1. The molecule has 1 aromatic rings. The molecule has 0 aromatic carbocycles. The highest BCUT2D eigenvalue weighted by molar-refractivity contribution is 4.79. The van der Waals surface area contributed by atoms with Crippen LogP contribution in [0.5, 0.6) is 0 Å². The van der Waals surface area contributed by atoms with Crippen LogP contribution in [0.15, 0.2) is 31.4 Å². The van der Waals surface area contributed by atoms with Crippen LogP contribution in [0.3, 0.4) is 0 Å². The van der Waals surface area contributed by atoms with Crippen LogP contribution in [0, 0.1) is 5.92 Å². The highest BCUT2D eigenvalue weighted by Crippen LogP contribution is 2.17. The molecule has 1 N–H and O–H groups in total. The second kappa shape index (κ2) is 4.85. The van der Waals surface area contributed by atoms with E-state index in [9.17, 15) is 0 Å². The fourth-order valence-corrected chi connectivity index (χ4v) is 1.64. The van der Waals surface area contributed by atoms with E-state index in [0.717, 1.165) is 0 Å². The van der Waals surface area contributed by atoms with Gasteiger partial charge in [0.25, 0.3) is 0 Å². The quantitative estimate of drug-likeness (QED) is 0.529. The van der Waals surface area contributed by atoms with Gasteiger partial charge >= 0.3 is 0 Å². The minimum Gasteiger partial charge on any atom is -0.250 e. The van der Waals surface area contributed by atoms with Crippen LogP contribution >= 0.6 is 0 Å². The van der Waals surface area contributed by atoms with Crippen LogP contribution in [-0.2, 0) is 0 Å². The van der Waals surface area contributed by atoms with Gasteiger partial charge in [-0.1, -0.05) is 26.3 Å². The predicted octanol–water partition coefficient (Wildman–Crippen LogP) is 2.47. The van der Waals surface area contributed by atoms with Gasteiger partial charge in [-0.15, -0.1) is 6.58 Å². The van der Waals surface area contributed by atoms with Gasteiger partial charge in [0.15, 0.2) is 0 Å². The van der Waals surface area contributed by atoms with Crippen molar-refractivity contribution in [2.75, 3.05) is 0 Å². The van der Waals surface area contributed by atoms with Gasteiger partial charge in [0.1, 0.15) is 18.4 Å². The summed E-state index contributed by atoms with van der Waals surface area (Å²) in [5.41, 5.74) is 0. The molecule has 2 unspecified atom stereocenters. The summed E-state index contributed by atoms with van der Waals surface area (Å²) in [5, 5.41) is 0. The van der Waals surface area contributed by atoms with Crippen LogP contribution in [0.1, 0.15) is 32.7 Å². The number of nitrogens with one attached hydrogen (secondary N) is 1. The van der Waals surface area contributed by atoms with Crippen molar-refractivity contribution in [2.45, 2.75) is 32.7 Å². The van der Waals surface area contributed by atoms with Gasteiger partial charge in [-0.25, -0.2) is 4.57 Å². The van der Waals surface area contributed by atoms with E-state index in [1.807, 2.05) is 18.6 Å².